The molecule has 5 heteroatoms. The van der Waals surface area contributed by atoms with Crippen molar-refractivity contribution in [3.05, 3.63) is 63.6 Å². The molecule has 0 spiro atoms. The Hall–Kier alpha value is -2.58. The van der Waals surface area contributed by atoms with Crippen molar-refractivity contribution in [3.63, 3.8) is 0 Å². The van der Waals surface area contributed by atoms with Crippen molar-refractivity contribution in [2.75, 3.05) is 6.79 Å². The summed E-state index contributed by atoms with van der Waals surface area (Å²) in [5, 5.41) is 9.28. The summed E-state index contributed by atoms with van der Waals surface area (Å²) in [5.74, 6) is 0.775. The first-order valence-electron chi connectivity index (χ1n) is 6.49. The van der Waals surface area contributed by atoms with Gasteiger partial charge in [-0.25, -0.2) is 0 Å². The van der Waals surface area contributed by atoms with Crippen molar-refractivity contribution < 1.29 is 14.3 Å². The summed E-state index contributed by atoms with van der Waals surface area (Å²) in [7, 11) is 0. The zero-order valence-corrected chi connectivity index (χ0v) is 13.0. The maximum absolute atomic E-state index is 12.5. The van der Waals surface area contributed by atoms with Crippen LogP contribution in [0.2, 0.25) is 0 Å². The topological polar surface area (TPSA) is 59.3 Å². The number of carbonyl (C=O) groups excluding carboxylic acids is 1. The number of ketones is 1. The Kier molecular flexibility index (Phi) is 3.94. The lowest BCUT2D eigenvalue weighted by Gasteiger charge is -2.02. The van der Waals surface area contributed by atoms with Gasteiger partial charge in [-0.1, -0.05) is 28.1 Å². The van der Waals surface area contributed by atoms with E-state index in [2.05, 4.69) is 15.9 Å². The van der Waals surface area contributed by atoms with Gasteiger partial charge in [0.15, 0.2) is 11.5 Å². The largest absolute Gasteiger partial charge is 0.454 e. The number of carbonyl (C=O) groups is 1. The molecule has 108 valence electrons. The van der Waals surface area contributed by atoms with Gasteiger partial charge >= 0.3 is 0 Å². The van der Waals surface area contributed by atoms with E-state index in [1.807, 2.05) is 30.3 Å². The summed E-state index contributed by atoms with van der Waals surface area (Å²) < 4.78 is 11.3. The maximum atomic E-state index is 12.5. The molecule has 1 heterocycles. The SMILES string of the molecule is N#C/C(=C\c1cccc(Br)c1)C(=O)c1ccc2c(c1)OCO2. The van der Waals surface area contributed by atoms with E-state index in [-0.39, 0.29) is 18.1 Å². The van der Waals surface area contributed by atoms with Crippen LogP contribution in [-0.4, -0.2) is 12.6 Å². The van der Waals surface area contributed by atoms with E-state index >= 15 is 0 Å². The quantitative estimate of drug-likeness (QED) is 0.474. The van der Waals surface area contributed by atoms with E-state index in [4.69, 9.17) is 9.47 Å². The van der Waals surface area contributed by atoms with Crippen molar-refractivity contribution in [2.24, 2.45) is 0 Å². The van der Waals surface area contributed by atoms with Crippen LogP contribution in [0.15, 0.2) is 52.5 Å². The maximum Gasteiger partial charge on any atom is 0.231 e. The first-order valence-corrected chi connectivity index (χ1v) is 7.28. The number of fused-ring (bicyclic) bond motifs is 1. The third kappa shape index (κ3) is 2.87. The molecule has 1 aliphatic rings. The second-order valence-corrected chi connectivity index (χ2v) is 5.54. The van der Waals surface area contributed by atoms with Crippen LogP contribution >= 0.6 is 15.9 Å². The molecule has 0 aromatic heterocycles. The molecule has 0 radical (unpaired) electrons. The van der Waals surface area contributed by atoms with Crippen LogP contribution in [0.3, 0.4) is 0 Å². The number of nitriles is 1. The van der Waals surface area contributed by atoms with Crippen LogP contribution < -0.4 is 9.47 Å². The zero-order chi connectivity index (χ0) is 15.5. The lowest BCUT2D eigenvalue weighted by atomic mass is 10.0. The summed E-state index contributed by atoms with van der Waals surface area (Å²) in [6.07, 6.45) is 1.57. The molecule has 2 aromatic rings. The number of hydrogen-bond acceptors (Lipinski definition) is 4. The monoisotopic (exact) mass is 355 g/mol. The van der Waals surface area contributed by atoms with Gasteiger partial charge in [0.05, 0.1) is 0 Å². The second-order valence-electron chi connectivity index (χ2n) is 4.62. The average molecular weight is 356 g/mol. The molecule has 0 atom stereocenters. The molecule has 0 fully saturated rings. The highest BCUT2D eigenvalue weighted by Gasteiger charge is 2.18. The Morgan fingerprint density at radius 3 is 2.77 bits per heavy atom. The average Bonchev–Trinajstić information content (AvgIpc) is 2.99. The van der Waals surface area contributed by atoms with Crippen molar-refractivity contribution in [3.8, 4) is 17.6 Å². The molecule has 0 amide bonds. The third-order valence-electron chi connectivity index (χ3n) is 3.16. The highest BCUT2D eigenvalue weighted by molar-refractivity contribution is 9.10. The van der Waals surface area contributed by atoms with Crippen LogP contribution in [0.1, 0.15) is 15.9 Å². The van der Waals surface area contributed by atoms with E-state index in [0.29, 0.717) is 17.1 Å². The van der Waals surface area contributed by atoms with Gasteiger partial charge in [-0.3, -0.25) is 4.79 Å². The van der Waals surface area contributed by atoms with Crippen molar-refractivity contribution in [1.29, 1.82) is 5.26 Å². The number of ether oxygens (including phenoxy) is 2. The lowest BCUT2D eigenvalue weighted by molar-refractivity contribution is 0.103. The number of rotatable bonds is 3. The van der Waals surface area contributed by atoms with Gasteiger partial charge in [-0.05, 0) is 42.0 Å². The number of Topliss-reactive ketones (excluding diaryl/α,β-unsaturated/α-hetero) is 1. The molecule has 1 aliphatic heterocycles. The number of hydrogen-bond donors (Lipinski definition) is 0. The summed E-state index contributed by atoms with van der Waals surface area (Å²) in [6.45, 7) is 0.145. The predicted octanol–water partition coefficient (Wildman–Crippen LogP) is 3.97. The normalized spacial score (nSPS) is 12.8. The second kappa shape index (κ2) is 6.04. The Balaban J connectivity index is 1.94. The molecule has 3 rings (SSSR count). The van der Waals surface area contributed by atoms with E-state index in [9.17, 15) is 10.1 Å². The van der Waals surface area contributed by atoms with Crippen LogP contribution in [0.4, 0.5) is 0 Å². The van der Waals surface area contributed by atoms with Crippen LogP contribution in [0, 0.1) is 11.3 Å². The summed E-state index contributed by atoms with van der Waals surface area (Å²) >= 11 is 3.36. The summed E-state index contributed by atoms with van der Waals surface area (Å²) in [6, 6.07) is 14.2. The highest BCUT2D eigenvalue weighted by atomic mass is 79.9. The molecule has 0 N–H and O–H groups in total. The van der Waals surface area contributed by atoms with E-state index in [0.717, 1.165) is 10.0 Å². The van der Waals surface area contributed by atoms with Gasteiger partial charge < -0.3 is 9.47 Å². The number of benzene rings is 2. The molecule has 2 aromatic carbocycles. The van der Waals surface area contributed by atoms with Crippen LogP contribution in [-0.2, 0) is 0 Å². The van der Waals surface area contributed by atoms with Gasteiger partial charge in [-0.2, -0.15) is 5.26 Å². The number of halogens is 1. The smallest absolute Gasteiger partial charge is 0.231 e. The fourth-order valence-electron chi connectivity index (χ4n) is 2.10. The van der Waals surface area contributed by atoms with Gasteiger partial charge in [-0.15, -0.1) is 0 Å². The fraction of sp³-hybridized carbons (Fsp3) is 0.0588. The minimum Gasteiger partial charge on any atom is -0.454 e. The number of nitrogens with zero attached hydrogens (tertiary/aromatic N) is 1. The molecule has 22 heavy (non-hydrogen) atoms. The summed E-state index contributed by atoms with van der Waals surface area (Å²) in [5.41, 5.74) is 1.24. The Morgan fingerprint density at radius 1 is 1.18 bits per heavy atom. The highest BCUT2D eigenvalue weighted by Crippen LogP contribution is 2.33. The summed E-state index contributed by atoms with van der Waals surface area (Å²) in [4.78, 5) is 12.5. The molecule has 4 nitrogen and oxygen atoms in total. The predicted molar refractivity (Wildman–Crippen MR) is 84.6 cm³/mol. The van der Waals surface area contributed by atoms with Crippen molar-refractivity contribution >= 4 is 27.8 Å². The van der Waals surface area contributed by atoms with Crippen molar-refractivity contribution in [1.82, 2.24) is 0 Å². The first kappa shape index (κ1) is 14.4. The van der Waals surface area contributed by atoms with E-state index in [1.165, 1.54) is 0 Å². The first-order chi connectivity index (χ1) is 10.7. The van der Waals surface area contributed by atoms with Gasteiger partial charge in [0.2, 0.25) is 12.6 Å². The van der Waals surface area contributed by atoms with E-state index in [1.54, 1.807) is 24.3 Å². The molecule has 0 aliphatic carbocycles. The van der Waals surface area contributed by atoms with Crippen molar-refractivity contribution in [2.45, 2.75) is 0 Å². The van der Waals surface area contributed by atoms with Gasteiger partial charge in [0.1, 0.15) is 11.6 Å². The Morgan fingerprint density at radius 2 is 2.00 bits per heavy atom. The molecular formula is C17H10BrNO3. The molecule has 0 saturated heterocycles. The van der Waals surface area contributed by atoms with E-state index < -0.39 is 0 Å². The van der Waals surface area contributed by atoms with Gasteiger partial charge in [0, 0.05) is 10.0 Å². The van der Waals surface area contributed by atoms with Crippen LogP contribution in [0.25, 0.3) is 6.08 Å². The minimum atomic E-state index is -0.347. The lowest BCUT2D eigenvalue weighted by Crippen LogP contribution is -2.02. The standard InChI is InChI=1S/C17H10BrNO3/c18-14-3-1-2-11(7-14)6-13(9-19)17(20)12-4-5-15-16(8-12)22-10-21-15/h1-8H,10H2/b13-6+. The zero-order valence-electron chi connectivity index (χ0n) is 11.4. The molecule has 0 bridgehead atoms. The Bertz CT molecular complexity index is 821. The minimum absolute atomic E-state index is 0.0666. The third-order valence-corrected chi connectivity index (χ3v) is 3.65. The molecule has 0 saturated carbocycles. The van der Waals surface area contributed by atoms with Gasteiger partial charge in [0.25, 0.3) is 0 Å². The van der Waals surface area contributed by atoms with Crippen LogP contribution in [0.5, 0.6) is 11.5 Å². The molecule has 0 unspecified atom stereocenters. The number of allylic oxidation sites excluding steroid dienone is 1. The Labute approximate surface area is 135 Å². The molecular weight excluding hydrogens is 346 g/mol. The fourth-order valence-corrected chi connectivity index (χ4v) is 2.52.